The fourth-order valence-electron chi connectivity index (χ4n) is 2.12. The smallest absolute Gasteiger partial charge is 0.311 e. The molecule has 1 fully saturated rings. The summed E-state index contributed by atoms with van der Waals surface area (Å²) in [6.45, 7) is 0.510. The van der Waals surface area contributed by atoms with Crippen molar-refractivity contribution < 1.29 is 17.9 Å². The van der Waals surface area contributed by atoms with E-state index in [9.17, 15) is 13.2 Å². The van der Waals surface area contributed by atoms with Gasteiger partial charge in [-0.2, -0.15) is 4.31 Å². The van der Waals surface area contributed by atoms with Crippen molar-refractivity contribution >= 4 is 27.3 Å². The Morgan fingerprint density at radius 3 is 3.05 bits per heavy atom. The Hall–Kier alpha value is -1.36. The molecule has 0 spiro atoms. The molecule has 5 nitrogen and oxygen atoms in total. The van der Waals surface area contributed by atoms with Crippen LogP contribution in [0.4, 0.5) is 0 Å². The average molecular weight is 313 g/mol. The van der Waals surface area contributed by atoms with E-state index >= 15 is 0 Å². The summed E-state index contributed by atoms with van der Waals surface area (Å²) in [6.07, 6.45) is 6.30. The van der Waals surface area contributed by atoms with Crippen LogP contribution in [0.15, 0.2) is 21.7 Å². The Labute approximate surface area is 122 Å². The van der Waals surface area contributed by atoms with Crippen molar-refractivity contribution in [2.24, 2.45) is 5.92 Å². The number of nitrogens with zero attached hydrogens (tertiary/aromatic N) is 1. The van der Waals surface area contributed by atoms with E-state index in [1.54, 1.807) is 17.5 Å². The first kappa shape index (κ1) is 15.0. The SMILES string of the molecule is C#CCOC(=O)[C@@H]1CCCN(S(=O)(=O)c2cccs2)C1. The number of rotatable bonds is 4. The maximum absolute atomic E-state index is 12.4. The van der Waals surface area contributed by atoms with E-state index in [0.717, 1.165) is 0 Å². The molecular formula is C13H15NO4S2. The number of carbonyl (C=O) groups is 1. The van der Waals surface area contributed by atoms with Gasteiger partial charge < -0.3 is 4.74 Å². The number of thiophene rings is 1. The van der Waals surface area contributed by atoms with Crippen molar-refractivity contribution in [3.63, 3.8) is 0 Å². The summed E-state index contributed by atoms with van der Waals surface area (Å²) in [7, 11) is -3.50. The molecule has 1 aliphatic heterocycles. The molecule has 0 N–H and O–H groups in total. The molecule has 0 unspecified atom stereocenters. The van der Waals surface area contributed by atoms with Crippen LogP contribution in [0.25, 0.3) is 0 Å². The molecule has 0 radical (unpaired) electrons. The zero-order valence-electron chi connectivity index (χ0n) is 10.8. The number of sulfonamides is 1. The number of carbonyl (C=O) groups excluding carboxylic acids is 1. The zero-order chi connectivity index (χ0) is 14.6. The lowest BCUT2D eigenvalue weighted by Crippen LogP contribution is -2.42. The van der Waals surface area contributed by atoms with Crippen molar-refractivity contribution in [3.05, 3.63) is 17.5 Å². The molecule has 20 heavy (non-hydrogen) atoms. The fourth-order valence-corrected chi connectivity index (χ4v) is 4.79. The molecular weight excluding hydrogens is 298 g/mol. The average Bonchev–Trinajstić information content (AvgIpc) is 2.99. The van der Waals surface area contributed by atoms with Gasteiger partial charge in [-0.1, -0.05) is 12.0 Å². The standard InChI is InChI=1S/C13H15NO4S2/c1-2-8-18-13(15)11-5-3-7-14(10-11)20(16,17)12-6-4-9-19-12/h1,4,6,9,11H,3,5,7-8,10H2/t11-/m1/s1. The van der Waals surface area contributed by atoms with Gasteiger partial charge >= 0.3 is 5.97 Å². The van der Waals surface area contributed by atoms with E-state index in [1.807, 2.05) is 0 Å². The van der Waals surface area contributed by atoms with Crippen molar-refractivity contribution in [2.75, 3.05) is 19.7 Å². The monoisotopic (exact) mass is 313 g/mol. The molecule has 7 heteroatoms. The fraction of sp³-hybridized carbons (Fsp3) is 0.462. The summed E-state index contributed by atoms with van der Waals surface area (Å²) >= 11 is 1.17. The maximum atomic E-state index is 12.4. The second-order valence-corrected chi connectivity index (χ2v) is 7.56. The van der Waals surface area contributed by atoms with Crippen molar-refractivity contribution in [2.45, 2.75) is 17.1 Å². The first-order valence-corrected chi connectivity index (χ1v) is 8.51. The first-order chi connectivity index (χ1) is 9.55. The van der Waals surface area contributed by atoms with Gasteiger partial charge in [-0.25, -0.2) is 8.42 Å². The minimum atomic E-state index is -3.50. The van der Waals surface area contributed by atoms with Crippen LogP contribution in [0.5, 0.6) is 0 Å². The van der Waals surface area contributed by atoms with Gasteiger partial charge in [-0.05, 0) is 24.3 Å². The van der Waals surface area contributed by atoms with Crippen LogP contribution in [0.2, 0.25) is 0 Å². The maximum Gasteiger partial charge on any atom is 0.311 e. The number of ether oxygens (including phenoxy) is 1. The third-order valence-electron chi connectivity index (χ3n) is 3.10. The van der Waals surface area contributed by atoms with E-state index in [1.165, 1.54) is 15.6 Å². The Morgan fingerprint density at radius 1 is 1.60 bits per heavy atom. The molecule has 1 aromatic heterocycles. The lowest BCUT2D eigenvalue weighted by atomic mass is 10.0. The predicted molar refractivity (Wildman–Crippen MR) is 75.6 cm³/mol. The second-order valence-electron chi connectivity index (χ2n) is 4.45. The van der Waals surface area contributed by atoms with Gasteiger partial charge in [0.15, 0.2) is 6.61 Å². The first-order valence-electron chi connectivity index (χ1n) is 6.19. The van der Waals surface area contributed by atoms with E-state index in [0.29, 0.717) is 23.6 Å². The van der Waals surface area contributed by atoms with E-state index < -0.39 is 21.9 Å². The summed E-state index contributed by atoms with van der Waals surface area (Å²) in [5.41, 5.74) is 0. The highest BCUT2D eigenvalue weighted by atomic mass is 32.2. The molecule has 1 atom stereocenters. The summed E-state index contributed by atoms with van der Waals surface area (Å²) in [5.74, 6) is 1.37. The largest absolute Gasteiger partial charge is 0.452 e. The van der Waals surface area contributed by atoms with Crippen molar-refractivity contribution in [1.29, 1.82) is 0 Å². The minimum Gasteiger partial charge on any atom is -0.452 e. The van der Waals surface area contributed by atoms with E-state index in [2.05, 4.69) is 5.92 Å². The van der Waals surface area contributed by atoms with Crippen LogP contribution >= 0.6 is 11.3 Å². The van der Waals surface area contributed by atoms with Gasteiger partial charge in [0.1, 0.15) is 4.21 Å². The quantitative estimate of drug-likeness (QED) is 0.621. The molecule has 0 amide bonds. The Balaban J connectivity index is 2.08. The van der Waals surface area contributed by atoms with Crippen LogP contribution < -0.4 is 0 Å². The molecule has 1 saturated heterocycles. The number of esters is 1. The summed E-state index contributed by atoms with van der Waals surface area (Å²) < 4.78 is 31.3. The molecule has 1 aliphatic rings. The lowest BCUT2D eigenvalue weighted by Gasteiger charge is -2.30. The molecule has 0 bridgehead atoms. The van der Waals surface area contributed by atoms with Gasteiger partial charge in [-0.3, -0.25) is 4.79 Å². The Kier molecular flexibility index (Phi) is 4.81. The molecule has 2 heterocycles. The van der Waals surface area contributed by atoms with E-state index in [4.69, 9.17) is 11.2 Å². The summed E-state index contributed by atoms with van der Waals surface area (Å²) in [5, 5.41) is 1.72. The van der Waals surface area contributed by atoms with Gasteiger partial charge in [0.25, 0.3) is 10.0 Å². The van der Waals surface area contributed by atoms with E-state index in [-0.39, 0.29) is 13.2 Å². The van der Waals surface area contributed by atoms with Crippen LogP contribution in [0, 0.1) is 18.3 Å². The summed E-state index contributed by atoms with van der Waals surface area (Å²) in [6, 6.07) is 3.26. The van der Waals surface area contributed by atoms with Gasteiger partial charge in [0.05, 0.1) is 5.92 Å². The highest BCUT2D eigenvalue weighted by Gasteiger charge is 2.34. The number of hydrogen-bond donors (Lipinski definition) is 0. The van der Waals surface area contributed by atoms with Gasteiger partial charge in [0.2, 0.25) is 0 Å². The van der Waals surface area contributed by atoms with Crippen LogP contribution in [-0.4, -0.2) is 38.4 Å². The topological polar surface area (TPSA) is 63.7 Å². The highest BCUT2D eigenvalue weighted by Crippen LogP contribution is 2.26. The second kappa shape index (κ2) is 6.39. The molecule has 0 saturated carbocycles. The van der Waals surface area contributed by atoms with Gasteiger partial charge in [-0.15, -0.1) is 17.8 Å². The lowest BCUT2D eigenvalue weighted by molar-refractivity contribution is -0.148. The molecule has 1 aromatic rings. The van der Waals surface area contributed by atoms with Crippen molar-refractivity contribution in [3.8, 4) is 12.3 Å². The Morgan fingerprint density at radius 2 is 2.40 bits per heavy atom. The summed E-state index contributed by atoms with van der Waals surface area (Å²) in [4.78, 5) is 11.8. The molecule has 108 valence electrons. The third-order valence-corrected chi connectivity index (χ3v) is 6.34. The number of hydrogen-bond acceptors (Lipinski definition) is 5. The normalized spacial score (nSPS) is 20.2. The van der Waals surface area contributed by atoms with Crippen molar-refractivity contribution in [1.82, 2.24) is 4.31 Å². The highest BCUT2D eigenvalue weighted by molar-refractivity contribution is 7.91. The zero-order valence-corrected chi connectivity index (χ0v) is 12.5. The Bertz CT molecular complexity index is 601. The molecule has 0 aromatic carbocycles. The van der Waals surface area contributed by atoms with Crippen LogP contribution in [-0.2, 0) is 19.6 Å². The predicted octanol–water partition coefficient (Wildman–Crippen LogP) is 1.33. The molecule has 0 aliphatic carbocycles. The number of piperidine rings is 1. The molecule has 2 rings (SSSR count). The minimum absolute atomic E-state index is 0.0764. The third kappa shape index (κ3) is 3.20. The van der Waals surface area contributed by atoms with Crippen LogP contribution in [0.3, 0.4) is 0 Å². The number of terminal acetylenes is 1. The van der Waals surface area contributed by atoms with Gasteiger partial charge in [0, 0.05) is 13.1 Å². The van der Waals surface area contributed by atoms with Crippen LogP contribution in [0.1, 0.15) is 12.8 Å².